The van der Waals surface area contributed by atoms with Crippen LogP contribution in [0.15, 0.2) is 35.1 Å². The quantitative estimate of drug-likeness (QED) is 0.826. The molecule has 0 saturated carbocycles. The molecule has 0 aliphatic carbocycles. The largest absolute Gasteiger partial charge is 0.276 e. The van der Waals surface area contributed by atoms with Gasteiger partial charge in [0.2, 0.25) is 0 Å². The van der Waals surface area contributed by atoms with Gasteiger partial charge in [0, 0.05) is 29.2 Å². The molecule has 4 heteroatoms. The van der Waals surface area contributed by atoms with E-state index in [9.17, 15) is 0 Å². The maximum atomic E-state index is 5.97. The first-order chi connectivity index (χ1) is 7.13. The van der Waals surface area contributed by atoms with Crippen LogP contribution in [-0.2, 0) is 13.5 Å². The Hall–Kier alpha value is -0.800. The van der Waals surface area contributed by atoms with E-state index in [1.54, 1.807) is 4.68 Å². The minimum absolute atomic E-state index is 0.753. The summed E-state index contributed by atoms with van der Waals surface area (Å²) < 4.78 is 2.81. The highest BCUT2D eigenvalue weighted by Crippen LogP contribution is 2.21. The third-order valence-corrected chi connectivity index (χ3v) is 2.76. The van der Waals surface area contributed by atoms with Gasteiger partial charge in [-0.05, 0) is 29.3 Å². The van der Waals surface area contributed by atoms with Crippen LogP contribution in [0, 0.1) is 0 Å². The van der Waals surface area contributed by atoms with Gasteiger partial charge in [0.25, 0.3) is 0 Å². The van der Waals surface area contributed by atoms with Crippen LogP contribution >= 0.6 is 27.5 Å². The van der Waals surface area contributed by atoms with E-state index >= 15 is 0 Å². The number of hydrogen-bond donors (Lipinski definition) is 0. The average molecular weight is 286 g/mol. The van der Waals surface area contributed by atoms with Crippen molar-refractivity contribution in [2.45, 2.75) is 6.42 Å². The zero-order chi connectivity index (χ0) is 10.8. The van der Waals surface area contributed by atoms with Gasteiger partial charge in [-0.3, -0.25) is 4.68 Å². The Kier molecular flexibility index (Phi) is 3.12. The van der Waals surface area contributed by atoms with Crippen LogP contribution < -0.4 is 0 Å². The molecule has 0 radical (unpaired) electrons. The number of aromatic nitrogens is 2. The van der Waals surface area contributed by atoms with Crippen molar-refractivity contribution in [1.29, 1.82) is 0 Å². The van der Waals surface area contributed by atoms with Crippen LogP contribution in [0.3, 0.4) is 0 Å². The first-order valence-electron chi connectivity index (χ1n) is 4.56. The van der Waals surface area contributed by atoms with Crippen LogP contribution in [0.1, 0.15) is 11.1 Å². The molecule has 2 rings (SSSR count). The Bertz CT molecular complexity index is 459. The van der Waals surface area contributed by atoms with E-state index < -0.39 is 0 Å². The summed E-state index contributed by atoms with van der Waals surface area (Å²) >= 11 is 9.40. The van der Waals surface area contributed by atoms with Gasteiger partial charge in [-0.1, -0.05) is 27.5 Å². The van der Waals surface area contributed by atoms with E-state index in [-0.39, 0.29) is 0 Å². The maximum Gasteiger partial charge on any atom is 0.0525 e. The number of rotatable bonds is 2. The first-order valence-corrected chi connectivity index (χ1v) is 5.73. The zero-order valence-electron chi connectivity index (χ0n) is 8.24. The molecule has 0 spiro atoms. The number of hydrogen-bond acceptors (Lipinski definition) is 1. The monoisotopic (exact) mass is 284 g/mol. The molecule has 0 atom stereocenters. The van der Waals surface area contributed by atoms with Crippen molar-refractivity contribution in [3.8, 4) is 0 Å². The van der Waals surface area contributed by atoms with Gasteiger partial charge in [-0.2, -0.15) is 5.10 Å². The Labute approximate surface area is 102 Å². The molecule has 0 aliphatic rings. The van der Waals surface area contributed by atoms with Crippen molar-refractivity contribution in [3.05, 3.63) is 51.2 Å². The van der Waals surface area contributed by atoms with Gasteiger partial charge in [-0.15, -0.1) is 0 Å². The maximum absolute atomic E-state index is 5.97. The fraction of sp³-hybridized carbons (Fsp3) is 0.182. The van der Waals surface area contributed by atoms with Crippen LogP contribution in [0.25, 0.3) is 0 Å². The highest BCUT2D eigenvalue weighted by molar-refractivity contribution is 9.10. The number of aryl methyl sites for hydroxylation is 1. The molecule has 0 saturated heterocycles. The van der Waals surface area contributed by atoms with Crippen molar-refractivity contribution < 1.29 is 0 Å². The van der Waals surface area contributed by atoms with Crippen LogP contribution in [0.4, 0.5) is 0 Å². The molecule has 0 amide bonds. The average Bonchev–Trinajstić information content (AvgIpc) is 2.49. The standard InChI is InChI=1S/C11H10BrClN2/c1-15-7-9(6-14-15)2-8-3-10(12)5-11(13)4-8/h3-7H,2H2,1H3. The summed E-state index contributed by atoms with van der Waals surface area (Å²) in [4.78, 5) is 0. The van der Waals surface area contributed by atoms with Gasteiger partial charge < -0.3 is 0 Å². The number of benzene rings is 1. The second-order valence-electron chi connectivity index (χ2n) is 3.48. The molecule has 0 fully saturated rings. The molecule has 0 unspecified atom stereocenters. The molecule has 78 valence electrons. The summed E-state index contributed by atoms with van der Waals surface area (Å²) in [5.41, 5.74) is 2.37. The van der Waals surface area contributed by atoms with Crippen molar-refractivity contribution in [3.63, 3.8) is 0 Å². The minimum atomic E-state index is 0.753. The lowest BCUT2D eigenvalue weighted by Gasteiger charge is -2.01. The summed E-state index contributed by atoms with van der Waals surface area (Å²) in [5.74, 6) is 0. The summed E-state index contributed by atoms with van der Waals surface area (Å²) in [5, 5.41) is 4.88. The normalized spacial score (nSPS) is 10.6. The molecule has 1 heterocycles. The minimum Gasteiger partial charge on any atom is -0.276 e. The summed E-state index contributed by atoms with van der Waals surface area (Å²) in [6.45, 7) is 0. The molecule has 1 aromatic carbocycles. The summed E-state index contributed by atoms with van der Waals surface area (Å²) in [6, 6.07) is 5.92. The van der Waals surface area contributed by atoms with Crippen molar-refractivity contribution in [2.24, 2.45) is 7.05 Å². The highest BCUT2D eigenvalue weighted by Gasteiger charge is 2.01. The van der Waals surface area contributed by atoms with Crippen molar-refractivity contribution in [1.82, 2.24) is 9.78 Å². The van der Waals surface area contributed by atoms with Crippen LogP contribution in [0.5, 0.6) is 0 Å². The van der Waals surface area contributed by atoms with Crippen molar-refractivity contribution in [2.75, 3.05) is 0 Å². The Morgan fingerprint density at radius 3 is 2.73 bits per heavy atom. The van der Waals surface area contributed by atoms with Gasteiger partial charge >= 0.3 is 0 Å². The molecule has 1 aromatic heterocycles. The Morgan fingerprint density at radius 1 is 1.33 bits per heavy atom. The van der Waals surface area contributed by atoms with E-state index in [0.717, 1.165) is 15.9 Å². The van der Waals surface area contributed by atoms with E-state index in [1.165, 1.54) is 11.1 Å². The van der Waals surface area contributed by atoms with Gasteiger partial charge in [-0.25, -0.2) is 0 Å². The second kappa shape index (κ2) is 4.37. The van der Waals surface area contributed by atoms with Gasteiger partial charge in [0.15, 0.2) is 0 Å². The zero-order valence-corrected chi connectivity index (χ0v) is 10.6. The third-order valence-electron chi connectivity index (χ3n) is 2.09. The lowest BCUT2D eigenvalue weighted by Crippen LogP contribution is -1.87. The van der Waals surface area contributed by atoms with Crippen LogP contribution in [-0.4, -0.2) is 9.78 Å². The second-order valence-corrected chi connectivity index (χ2v) is 4.83. The molecule has 0 N–H and O–H groups in total. The van der Waals surface area contributed by atoms with Crippen molar-refractivity contribution >= 4 is 27.5 Å². The topological polar surface area (TPSA) is 17.8 Å². The predicted octanol–water partition coefficient (Wildman–Crippen LogP) is 3.43. The van der Waals surface area contributed by atoms with E-state index in [0.29, 0.717) is 0 Å². The molecular formula is C11H10BrClN2. The molecule has 0 bridgehead atoms. The predicted molar refractivity (Wildman–Crippen MR) is 65.2 cm³/mol. The molecule has 2 nitrogen and oxygen atoms in total. The number of nitrogens with zero attached hydrogens (tertiary/aromatic N) is 2. The first kappa shape index (κ1) is 10.7. The van der Waals surface area contributed by atoms with Gasteiger partial charge in [0.1, 0.15) is 0 Å². The Balaban J connectivity index is 2.24. The number of halogens is 2. The summed E-state index contributed by atoms with van der Waals surface area (Å²) in [6.07, 6.45) is 4.73. The highest BCUT2D eigenvalue weighted by atomic mass is 79.9. The van der Waals surface area contributed by atoms with Crippen LogP contribution in [0.2, 0.25) is 5.02 Å². The lowest BCUT2D eigenvalue weighted by atomic mass is 10.1. The molecular weight excluding hydrogens is 275 g/mol. The smallest absolute Gasteiger partial charge is 0.0525 e. The van der Waals surface area contributed by atoms with Gasteiger partial charge in [0.05, 0.1) is 6.20 Å². The fourth-order valence-corrected chi connectivity index (χ4v) is 2.44. The van der Waals surface area contributed by atoms with E-state index in [1.807, 2.05) is 31.6 Å². The van der Waals surface area contributed by atoms with E-state index in [2.05, 4.69) is 27.1 Å². The third kappa shape index (κ3) is 2.83. The molecule has 15 heavy (non-hydrogen) atoms. The fourth-order valence-electron chi connectivity index (χ4n) is 1.51. The lowest BCUT2D eigenvalue weighted by molar-refractivity contribution is 0.767. The van der Waals surface area contributed by atoms with E-state index in [4.69, 9.17) is 11.6 Å². The molecule has 2 aromatic rings. The summed E-state index contributed by atoms with van der Waals surface area (Å²) in [7, 11) is 1.91. The SMILES string of the molecule is Cn1cc(Cc2cc(Cl)cc(Br)c2)cn1. The Morgan fingerprint density at radius 2 is 2.13 bits per heavy atom. The molecule has 0 aliphatic heterocycles.